The summed E-state index contributed by atoms with van der Waals surface area (Å²) in [4.78, 5) is 56.1. The first-order valence-corrected chi connectivity index (χ1v) is 14.4. The molecule has 13 nitrogen and oxygen atoms in total. The number of nitrogens with one attached hydrogen (secondary N) is 1. The topological polar surface area (TPSA) is 191 Å². The fourth-order valence-electron chi connectivity index (χ4n) is 4.07. The van der Waals surface area contributed by atoms with Crippen molar-refractivity contribution < 1.29 is 38.8 Å². The van der Waals surface area contributed by atoms with Gasteiger partial charge in [0.15, 0.2) is 24.7 Å². The lowest BCUT2D eigenvalue weighted by atomic mass is 10.0. The minimum atomic E-state index is -1.76. The molecule has 1 saturated heterocycles. The lowest BCUT2D eigenvalue weighted by Gasteiger charge is -2.50. The lowest BCUT2D eigenvalue weighted by Crippen LogP contribution is -2.71. The van der Waals surface area contributed by atoms with Crippen LogP contribution in [0.2, 0.25) is 0 Å². The van der Waals surface area contributed by atoms with Gasteiger partial charge in [0.1, 0.15) is 22.1 Å². The molecule has 0 bridgehead atoms. The maximum atomic E-state index is 13.2. The largest absolute Gasteiger partial charge is 0.543 e. The summed E-state index contributed by atoms with van der Waals surface area (Å²) >= 11 is 3.75. The van der Waals surface area contributed by atoms with Gasteiger partial charge in [0.2, 0.25) is 5.60 Å². The summed E-state index contributed by atoms with van der Waals surface area (Å²) in [5, 5.41) is 30.4. The number of thiophene rings is 1. The molecule has 0 radical (unpaired) electrons. The number of aromatic nitrogens is 2. The Hall–Kier alpha value is -4.02. The van der Waals surface area contributed by atoms with E-state index in [4.69, 9.17) is 10.6 Å². The third-order valence-corrected chi connectivity index (χ3v) is 9.05. The molecule has 0 aliphatic carbocycles. The van der Waals surface area contributed by atoms with Gasteiger partial charge in [-0.25, -0.2) is 4.79 Å². The van der Waals surface area contributed by atoms with Crippen molar-refractivity contribution >= 4 is 79.2 Å². The van der Waals surface area contributed by atoms with Crippen LogP contribution in [-0.2, 0) is 30.6 Å². The number of carbonyl (C=O) groups is 4. The van der Waals surface area contributed by atoms with Gasteiger partial charge in [-0.15, -0.1) is 23.1 Å². The molecule has 0 saturated carbocycles. The van der Waals surface area contributed by atoms with Crippen molar-refractivity contribution in [2.45, 2.75) is 37.4 Å². The molecule has 5 rings (SSSR count). The van der Waals surface area contributed by atoms with Gasteiger partial charge in [-0.05, 0) is 36.8 Å². The molecule has 3 aromatic heterocycles. The smallest absolute Gasteiger partial charge is 0.350 e. The number of carboxylic acids is 2. The molecule has 0 spiro atoms. The Morgan fingerprint density at radius 2 is 2.15 bits per heavy atom. The summed E-state index contributed by atoms with van der Waals surface area (Å²) in [7, 11) is 0. The van der Waals surface area contributed by atoms with Crippen LogP contribution in [0.25, 0.3) is 10.1 Å². The molecule has 2 aliphatic rings. The monoisotopic (exact) mass is 602 g/mol. The fourth-order valence-corrected chi connectivity index (χ4v) is 6.74. The zero-order chi connectivity index (χ0) is 28.8. The van der Waals surface area contributed by atoms with Gasteiger partial charge in [-0.3, -0.25) is 14.5 Å². The van der Waals surface area contributed by atoms with Crippen molar-refractivity contribution in [2.75, 3.05) is 11.5 Å². The third kappa shape index (κ3) is 5.12. The average molecular weight is 603 g/mol. The summed E-state index contributed by atoms with van der Waals surface area (Å²) in [5.74, 6) is -4.01. The molecule has 1 fully saturated rings. The van der Waals surface area contributed by atoms with Crippen LogP contribution >= 0.6 is 34.6 Å². The van der Waals surface area contributed by atoms with E-state index in [1.165, 1.54) is 31.7 Å². The number of β-lactam (4-membered cyclic amide) rings is 1. The molecule has 16 heteroatoms. The van der Waals surface area contributed by atoms with E-state index in [1.54, 1.807) is 11.3 Å². The number of pyridine rings is 1. The van der Waals surface area contributed by atoms with Gasteiger partial charge in [-0.1, -0.05) is 5.16 Å². The first-order valence-electron chi connectivity index (χ1n) is 11.7. The zero-order valence-corrected chi connectivity index (χ0v) is 23.5. The SMILES string of the molecule is CC(C)(ON=C(C(=O)NC1C(=O)N2C(C(=O)[O-])=C(C[n+]3ccc4ccsc4c3)CS[C@H]12)c1cc(N)sn1)C(=O)O. The molecule has 5 heterocycles. The van der Waals surface area contributed by atoms with Crippen LogP contribution in [0, 0.1) is 0 Å². The summed E-state index contributed by atoms with van der Waals surface area (Å²) < 4.78 is 6.93. The molecule has 2 atom stereocenters. The maximum absolute atomic E-state index is 13.2. The van der Waals surface area contributed by atoms with E-state index in [0.717, 1.165) is 26.5 Å². The second-order valence-electron chi connectivity index (χ2n) is 9.42. The minimum Gasteiger partial charge on any atom is -0.543 e. The van der Waals surface area contributed by atoms with Gasteiger partial charge < -0.3 is 30.9 Å². The Morgan fingerprint density at radius 3 is 2.83 bits per heavy atom. The van der Waals surface area contributed by atoms with Crippen LogP contribution < -0.4 is 20.7 Å². The number of carboxylic acid groups (broad SMARTS) is 2. The van der Waals surface area contributed by atoms with Crippen molar-refractivity contribution in [2.24, 2.45) is 5.16 Å². The van der Waals surface area contributed by atoms with E-state index in [0.29, 0.717) is 11.3 Å². The molecule has 1 unspecified atom stereocenters. The number of thioether (sulfide) groups is 1. The number of amides is 2. The van der Waals surface area contributed by atoms with Gasteiger partial charge >= 0.3 is 5.97 Å². The van der Waals surface area contributed by atoms with Crippen LogP contribution in [0.4, 0.5) is 5.00 Å². The Kier molecular flexibility index (Phi) is 7.24. The van der Waals surface area contributed by atoms with E-state index >= 15 is 0 Å². The molecule has 40 heavy (non-hydrogen) atoms. The van der Waals surface area contributed by atoms with Gasteiger partial charge in [0.25, 0.3) is 11.8 Å². The van der Waals surface area contributed by atoms with Crippen LogP contribution in [0.15, 0.2) is 52.4 Å². The standard InChI is InChI=1S/C24H22N6O7S3/c1-24(2,23(35)36)37-27-16(13-7-15(25)40-28-13)19(31)26-17-20(32)30-18(22(33)34)12(10-39-21(17)30)8-29-5-3-11-4-6-38-14(11)9-29/h3-7,9,17,21H,8,10H2,1-2H3,(H4-,25,26,28,31,33,34,35,36)/t17?,21-/m1/s1. The number of hydrogen-bond donors (Lipinski definition) is 3. The van der Waals surface area contributed by atoms with Crippen molar-refractivity contribution in [3.05, 3.63) is 52.9 Å². The van der Waals surface area contributed by atoms with Crippen molar-refractivity contribution in [1.29, 1.82) is 0 Å². The second-order valence-corrected chi connectivity index (χ2v) is 12.3. The Balaban J connectivity index is 1.36. The highest BCUT2D eigenvalue weighted by molar-refractivity contribution is 8.00. The van der Waals surface area contributed by atoms with Crippen LogP contribution in [0.3, 0.4) is 0 Å². The second kappa shape index (κ2) is 10.5. The predicted octanol–water partition coefficient (Wildman–Crippen LogP) is -0.0845. The molecular formula is C24H22N6O7S3. The molecule has 3 aromatic rings. The van der Waals surface area contributed by atoms with E-state index in [-0.39, 0.29) is 28.6 Å². The van der Waals surface area contributed by atoms with Crippen LogP contribution in [-0.4, -0.2) is 66.6 Å². The van der Waals surface area contributed by atoms with Gasteiger partial charge in [-0.2, -0.15) is 8.94 Å². The quantitative estimate of drug-likeness (QED) is 0.129. The van der Waals surface area contributed by atoms with Crippen molar-refractivity contribution in [1.82, 2.24) is 14.6 Å². The summed E-state index contributed by atoms with van der Waals surface area (Å²) in [6, 6.07) is 4.21. The van der Waals surface area contributed by atoms with Crippen LogP contribution in [0.5, 0.6) is 0 Å². The first kappa shape index (κ1) is 27.5. The highest BCUT2D eigenvalue weighted by Crippen LogP contribution is 2.40. The number of anilines is 1. The van der Waals surface area contributed by atoms with Crippen molar-refractivity contribution in [3.63, 3.8) is 0 Å². The number of nitrogens with zero attached hydrogens (tertiary/aromatic N) is 4. The number of rotatable bonds is 9. The number of hydrogen-bond acceptors (Lipinski definition) is 12. The van der Waals surface area contributed by atoms with E-state index in [2.05, 4.69) is 14.8 Å². The Labute approximate surface area is 239 Å². The van der Waals surface area contributed by atoms with Crippen molar-refractivity contribution in [3.8, 4) is 0 Å². The van der Waals surface area contributed by atoms with E-state index < -0.39 is 40.8 Å². The number of carbonyl (C=O) groups excluding carboxylic acids is 3. The van der Waals surface area contributed by atoms with E-state index in [9.17, 15) is 29.4 Å². The Bertz CT molecular complexity index is 1610. The lowest BCUT2D eigenvalue weighted by molar-refractivity contribution is -0.687. The number of oxime groups is 1. The molecule has 2 amide bonds. The average Bonchev–Trinajstić information content (AvgIpc) is 3.55. The zero-order valence-electron chi connectivity index (χ0n) is 21.0. The highest BCUT2D eigenvalue weighted by atomic mass is 32.2. The van der Waals surface area contributed by atoms with Crippen LogP contribution in [0.1, 0.15) is 19.5 Å². The molecule has 4 N–H and O–H groups in total. The molecule has 2 aliphatic heterocycles. The third-order valence-electron chi connectivity index (χ3n) is 6.22. The number of nitrogen functional groups attached to an aromatic ring is 1. The van der Waals surface area contributed by atoms with Gasteiger partial charge in [0.05, 0.1) is 16.4 Å². The number of nitrogens with two attached hydrogens (primary N) is 1. The molecule has 208 valence electrons. The summed E-state index contributed by atoms with van der Waals surface area (Å²) in [6.45, 7) is 2.74. The van der Waals surface area contributed by atoms with Gasteiger partial charge in [0, 0.05) is 28.8 Å². The number of aliphatic carboxylic acids is 2. The summed E-state index contributed by atoms with van der Waals surface area (Å²) in [6.07, 6.45) is 3.75. The predicted molar refractivity (Wildman–Crippen MR) is 145 cm³/mol. The number of fused-ring (bicyclic) bond motifs is 2. The molecular weight excluding hydrogens is 581 g/mol. The van der Waals surface area contributed by atoms with E-state index in [1.807, 2.05) is 34.5 Å². The highest BCUT2D eigenvalue weighted by Gasteiger charge is 2.53. The summed E-state index contributed by atoms with van der Waals surface area (Å²) in [5.41, 5.74) is 3.90. The first-order chi connectivity index (χ1) is 19.0. The molecule has 0 aromatic carbocycles. The maximum Gasteiger partial charge on any atom is 0.350 e. The Morgan fingerprint density at radius 1 is 1.38 bits per heavy atom. The normalized spacial score (nSPS) is 19.3. The minimum absolute atomic E-state index is 0.0263. The fraction of sp³-hybridized carbons (Fsp3) is 0.292.